The van der Waals surface area contributed by atoms with E-state index in [1.54, 1.807) is 11.3 Å². The normalized spacial score (nSPS) is 12.1. The van der Waals surface area contributed by atoms with Gasteiger partial charge in [0.05, 0.1) is 10.9 Å². The lowest BCUT2D eigenvalue weighted by Gasteiger charge is -2.14. The number of aryl methyl sites for hydroxylation is 1. The Morgan fingerprint density at radius 2 is 2.00 bits per heavy atom. The van der Waals surface area contributed by atoms with E-state index in [0.29, 0.717) is 5.69 Å². The molecule has 0 bridgehead atoms. The summed E-state index contributed by atoms with van der Waals surface area (Å²) in [6.07, 6.45) is 0. The van der Waals surface area contributed by atoms with Crippen LogP contribution < -0.4 is 11.1 Å². The molecule has 1 atom stereocenters. The average Bonchev–Trinajstić information content (AvgIpc) is 3.13. The topological polar surface area (TPSA) is 81.2 Å². The Bertz CT molecular complexity index is 823. The Hall–Kier alpha value is -2.60. The minimum Gasteiger partial charge on any atom is -0.367 e. The van der Waals surface area contributed by atoms with Gasteiger partial charge in [-0.1, -0.05) is 35.5 Å². The molecule has 0 fully saturated rings. The number of hydrogen-bond donors (Lipinski definition) is 2. The maximum absolute atomic E-state index is 12.6. The molecule has 0 aliphatic heterocycles. The van der Waals surface area contributed by atoms with Gasteiger partial charge in [0, 0.05) is 4.88 Å². The van der Waals surface area contributed by atoms with Crippen LogP contribution in [0.1, 0.15) is 33.8 Å². The van der Waals surface area contributed by atoms with Crippen molar-refractivity contribution in [1.82, 2.24) is 10.5 Å². The zero-order valence-corrected chi connectivity index (χ0v) is 13.7. The number of carbonyl (C=O) groups is 1. The van der Waals surface area contributed by atoms with E-state index < -0.39 is 0 Å². The number of rotatable bonds is 4. The van der Waals surface area contributed by atoms with Crippen molar-refractivity contribution in [1.29, 1.82) is 0 Å². The number of amides is 1. The van der Waals surface area contributed by atoms with Gasteiger partial charge in [0.15, 0.2) is 0 Å². The molecular weight excluding hydrogens is 310 g/mol. The molecule has 0 radical (unpaired) electrons. The van der Waals surface area contributed by atoms with Crippen molar-refractivity contribution in [2.24, 2.45) is 0 Å². The summed E-state index contributed by atoms with van der Waals surface area (Å²) in [7, 11) is 0. The largest absolute Gasteiger partial charge is 0.367 e. The smallest absolute Gasteiger partial charge is 0.259 e. The van der Waals surface area contributed by atoms with Gasteiger partial charge in [0.1, 0.15) is 11.3 Å². The molecule has 6 heteroatoms. The van der Waals surface area contributed by atoms with Crippen molar-refractivity contribution in [3.8, 4) is 10.6 Å². The third-order valence-electron chi connectivity index (χ3n) is 3.57. The van der Waals surface area contributed by atoms with Gasteiger partial charge in [0.25, 0.3) is 5.91 Å². The van der Waals surface area contributed by atoms with Crippen molar-refractivity contribution < 1.29 is 9.32 Å². The van der Waals surface area contributed by atoms with Crippen LogP contribution in [0.5, 0.6) is 0 Å². The predicted octanol–water partition coefficient (Wildman–Crippen LogP) is 3.78. The van der Waals surface area contributed by atoms with E-state index in [1.807, 2.05) is 56.3 Å². The first-order chi connectivity index (χ1) is 11.1. The van der Waals surface area contributed by atoms with Crippen LogP contribution in [0, 0.1) is 6.92 Å². The van der Waals surface area contributed by atoms with E-state index in [-0.39, 0.29) is 23.4 Å². The SMILES string of the molecule is Cc1ccc(-c2noc(N)c2C(=O)NC(C)c2ccccc2)s1. The highest BCUT2D eigenvalue weighted by Gasteiger charge is 2.24. The van der Waals surface area contributed by atoms with Crippen LogP contribution in [0.15, 0.2) is 47.0 Å². The summed E-state index contributed by atoms with van der Waals surface area (Å²) in [5, 5.41) is 6.89. The molecule has 2 aromatic heterocycles. The summed E-state index contributed by atoms with van der Waals surface area (Å²) >= 11 is 1.54. The molecule has 1 amide bonds. The fourth-order valence-corrected chi connectivity index (χ4v) is 3.20. The summed E-state index contributed by atoms with van der Waals surface area (Å²) in [5.41, 5.74) is 7.60. The van der Waals surface area contributed by atoms with E-state index in [2.05, 4.69) is 10.5 Å². The highest BCUT2D eigenvalue weighted by Crippen LogP contribution is 2.32. The second-order valence-corrected chi connectivity index (χ2v) is 6.57. The second kappa shape index (κ2) is 6.26. The van der Waals surface area contributed by atoms with Gasteiger partial charge in [-0.2, -0.15) is 0 Å². The summed E-state index contributed by atoms with van der Waals surface area (Å²) in [5.74, 6) is -0.259. The zero-order valence-electron chi connectivity index (χ0n) is 12.9. The number of nitrogens with zero attached hydrogens (tertiary/aromatic N) is 1. The molecule has 2 heterocycles. The molecule has 23 heavy (non-hydrogen) atoms. The van der Waals surface area contributed by atoms with Gasteiger partial charge in [-0.25, -0.2) is 0 Å². The van der Waals surface area contributed by atoms with Crippen LogP contribution >= 0.6 is 11.3 Å². The maximum Gasteiger partial charge on any atom is 0.259 e. The molecular formula is C17H17N3O2S. The number of nitrogens with one attached hydrogen (secondary N) is 1. The minimum absolute atomic E-state index is 0.0313. The fraction of sp³-hybridized carbons (Fsp3) is 0.176. The van der Waals surface area contributed by atoms with Crippen molar-refractivity contribution >= 4 is 23.1 Å². The van der Waals surface area contributed by atoms with Gasteiger partial charge in [-0.3, -0.25) is 4.79 Å². The number of benzene rings is 1. The van der Waals surface area contributed by atoms with Crippen LogP contribution in [0.3, 0.4) is 0 Å². The Morgan fingerprint density at radius 3 is 2.65 bits per heavy atom. The lowest BCUT2D eigenvalue weighted by atomic mass is 10.1. The standard InChI is InChI=1S/C17H17N3O2S/c1-10-8-9-13(23-10)15-14(16(18)22-20-15)17(21)19-11(2)12-6-4-3-5-7-12/h3-9,11H,18H2,1-2H3,(H,19,21). The van der Waals surface area contributed by atoms with Crippen LogP contribution in [-0.4, -0.2) is 11.1 Å². The Labute approximate surface area is 138 Å². The first kappa shape index (κ1) is 15.3. The van der Waals surface area contributed by atoms with Crippen molar-refractivity contribution in [3.05, 3.63) is 58.5 Å². The van der Waals surface area contributed by atoms with E-state index in [1.165, 1.54) is 0 Å². The number of anilines is 1. The van der Waals surface area contributed by atoms with Crippen LogP contribution in [0.2, 0.25) is 0 Å². The average molecular weight is 327 g/mol. The number of nitrogens with two attached hydrogens (primary N) is 1. The van der Waals surface area contributed by atoms with E-state index in [4.69, 9.17) is 10.3 Å². The number of carbonyl (C=O) groups excluding carboxylic acids is 1. The van der Waals surface area contributed by atoms with E-state index >= 15 is 0 Å². The molecule has 3 aromatic rings. The summed E-state index contributed by atoms with van der Waals surface area (Å²) in [4.78, 5) is 14.6. The number of thiophene rings is 1. The van der Waals surface area contributed by atoms with Crippen molar-refractivity contribution in [3.63, 3.8) is 0 Å². The van der Waals surface area contributed by atoms with Crippen LogP contribution in [0.25, 0.3) is 10.6 Å². The Kier molecular flexibility index (Phi) is 4.16. The molecule has 1 unspecified atom stereocenters. The third-order valence-corrected chi connectivity index (χ3v) is 4.57. The monoisotopic (exact) mass is 327 g/mol. The van der Waals surface area contributed by atoms with Gasteiger partial charge < -0.3 is 15.6 Å². The minimum atomic E-state index is -0.291. The fourth-order valence-electron chi connectivity index (χ4n) is 2.35. The van der Waals surface area contributed by atoms with Gasteiger partial charge in [-0.05, 0) is 31.5 Å². The summed E-state index contributed by atoms with van der Waals surface area (Å²) in [6.45, 7) is 3.92. The first-order valence-corrected chi connectivity index (χ1v) is 8.05. The molecule has 1 aromatic carbocycles. The molecule has 3 rings (SSSR count). The quantitative estimate of drug-likeness (QED) is 0.764. The predicted molar refractivity (Wildman–Crippen MR) is 91.3 cm³/mol. The van der Waals surface area contributed by atoms with Crippen LogP contribution in [0.4, 0.5) is 5.88 Å². The first-order valence-electron chi connectivity index (χ1n) is 7.24. The zero-order chi connectivity index (χ0) is 16.4. The third kappa shape index (κ3) is 3.12. The van der Waals surface area contributed by atoms with Crippen molar-refractivity contribution in [2.45, 2.75) is 19.9 Å². The number of hydrogen-bond acceptors (Lipinski definition) is 5. The van der Waals surface area contributed by atoms with Gasteiger partial charge >= 0.3 is 0 Å². The molecule has 0 spiro atoms. The van der Waals surface area contributed by atoms with Gasteiger partial charge in [0.2, 0.25) is 5.88 Å². The Morgan fingerprint density at radius 1 is 1.26 bits per heavy atom. The van der Waals surface area contributed by atoms with Crippen LogP contribution in [-0.2, 0) is 0 Å². The van der Waals surface area contributed by atoms with E-state index in [0.717, 1.165) is 15.3 Å². The Balaban J connectivity index is 1.87. The van der Waals surface area contributed by atoms with E-state index in [9.17, 15) is 4.79 Å². The second-order valence-electron chi connectivity index (χ2n) is 5.29. The number of nitrogen functional groups attached to an aromatic ring is 1. The highest BCUT2D eigenvalue weighted by molar-refractivity contribution is 7.15. The van der Waals surface area contributed by atoms with Gasteiger partial charge in [-0.15, -0.1) is 11.3 Å². The lowest BCUT2D eigenvalue weighted by Crippen LogP contribution is -2.27. The summed E-state index contributed by atoms with van der Waals surface area (Å²) < 4.78 is 5.04. The molecule has 0 saturated heterocycles. The molecule has 0 aliphatic rings. The molecule has 0 saturated carbocycles. The number of aromatic nitrogens is 1. The summed E-state index contributed by atoms with van der Waals surface area (Å²) in [6, 6.07) is 13.5. The van der Waals surface area contributed by atoms with Crippen molar-refractivity contribution in [2.75, 3.05) is 5.73 Å². The lowest BCUT2D eigenvalue weighted by molar-refractivity contribution is 0.0941. The molecule has 5 nitrogen and oxygen atoms in total. The highest BCUT2D eigenvalue weighted by atomic mass is 32.1. The molecule has 0 aliphatic carbocycles. The molecule has 118 valence electrons. The molecule has 3 N–H and O–H groups in total. The maximum atomic E-state index is 12.6.